The molecule has 0 radical (unpaired) electrons. The number of halogens is 1. The van der Waals surface area contributed by atoms with Crippen LogP contribution in [0.3, 0.4) is 0 Å². The molecule has 2 rings (SSSR count). The molecule has 3 N–H and O–H groups in total. The molecule has 1 heterocycles. The lowest BCUT2D eigenvalue weighted by Gasteiger charge is -2.12. The zero-order valence-electron chi connectivity index (χ0n) is 14.2. The van der Waals surface area contributed by atoms with Crippen LogP contribution < -0.4 is 24.8 Å². The average molecular weight is 394 g/mol. The van der Waals surface area contributed by atoms with Crippen molar-refractivity contribution in [1.29, 1.82) is 0 Å². The summed E-state index contributed by atoms with van der Waals surface area (Å²) in [4.78, 5) is 11.9. The summed E-state index contributed by atoms with van der Waals surface area (Å²) in [6.45, 7) is 1.67. The van der Waals surface area contributed by atoms with Gasteiger partial charge in [-0.3, -0.25) is 4.79 Å². The molecule has 1 aliphatic heterocycles. The topological polar surface area (TPSA) is 106 Å². The molecule has 25 heavy (non-hydrogen) atoms. The van der Waals surface area contributed by atoms with Crippen LogP contribution in [0, 0.1) is 0 Å². The van der Waals surface area contributed by atoms with E-state index in [4.69, 9.17) is 9.47 Å². The van der Waals surface area contributed by atoms with Crippen LogP contribution in [-0.2, 0) is 14.8 Å². The molecular formula is C15H24ClN3O5S. The highest BCUT2D eigenvalue weighted by Gasteiger charge is 2.19. The van der Waals surface area contributed by atoms with E-state index in [0.29, 0.717) is 11.5 Å². The van der Waals surface area contributed by atoms with Crippen molar-refractivity contribution in [2.45, 2.75) is 23.8 Å². The number of hydrogen-bond acceptors (Lipinski definition) is 6. The van der Waals surface area contributed by atoms with Gasteiger partial charge < -0.3 is 20.1 Å². The van der Waals surface area contributed by atoms with Crippen LogP contribution in [0.5, 0.6) is 11.5 Å². The van der Waals surface area contributed by atoms with Gasteiger partial charge in [0.05, 0.1) is 19.1 Å². The first-order chi connectivity index (χ1) is 11.5. The molecule has 142 valence electrons. The lowest BCUT2D eigenvalue weighted by Crippen LogP contribution is -2.38. The van der Waals surface area contributed by atoms with Crippen LogP contribution in [0.2, 0.25) is 0 Å². The normalized spacial score (nSPS) is 16.8. The summed E-state index contributed by atoms with van der Waals surface area (Å²) in [5.41, 5.74) is 0. The van der Waals surface area contributed by atoms with Crippen molar-refractivity contribution in [3.05, 3.63) is 18.2 Å². The average Bonchev–Trinajstić information content (AvgIpc) is 3.06. The standard InChI is InChI=1S/C15H23N3O5S.ClH/c1-22-13-4-3-12(9-14(13)23-2)24(20,21)17-8-6-15(19)18-11-5-7-16-10-11;/h3-4,9,11,16-17H,5-8,10H2,1-2H3,(H,18,19);1H. The second kappa shape index (κ2) is 9.81. The highest BCUT2D eigenvalue weighted by atomic mass is 35.5. The van der Waals surface area contributed by atoms with E-state index in [-0.39, 0.29) is 42.2 Å². The predicted octanol–water partition coefficient (Wildman–Crippen LogP) is 0.272. The summed E-state index contributed by atoms with van der Waals surface area (Å²) in [5.74, 6) is 0.603. The number of ether oxygens (including phenoxy) is 2. The Labute approximate surface area is 154 Å². The molecule has 1 aromatic rings. The summed E-state index contributed by atoms with van der Waals surface area (Å²) < 4.78 is 37.2. The molecule has 0 spiro atoms. The van der Waals surface area contributed by atoms with Gasteiger partial charge in [-0.2, -0.15) is 0 Å². The number of nitrogens with one attached hydrogen (secondary N) is 3. The van der Waals surface area contributed by atoms with Gasteiger partial charge in [0.2, 0.25) is 15.9 Å². The molecule has 1 atom stereocenters. The van der Waals surface area contributed by atoms with Crippen molar-refractivity contribution < 1.29 is 22.7 Å². The maximum absolute atomic E-state index is 12.3. The molecule has 0 aliphatic carbocycles. The van der Waals surface area contributed by atoms with E-state index in [0.717, 1.165) is 19.5 Å². The second-order valence-electron chi connectivity index (χ2n) is 5.42. The van der Waals surface area contributed by atoms with Crippen molar-refractivity contribution >= 4 is 28.3 Å². The SMILES string of the molecule is COc1ccc(S(=O)(=O)NCCC(=O)NC2CCNC2)cc1OC.Cl. The molecular weight excluding hydrogens is 370 g/mol. The molecule has 0 saturated carbocycles. The first-order valence-electron chi connectivity index (χ1n) is 7.68. The van der Waals surface area contributed by atoms with Gasteiger partial charge in [0.15, 0.2) is 11.5 Å². The number of benzene rings is 1. The Bertz CT molecular complexity index is 678. The van der Waals surface area contributed by atoms with Gasteiger partial charge in [-0.15, -0.1) is 12.4 Å². The number of carbonyl (C=O) groups excluding carboxylic acids is 1. The number of carbonyl (C=O) groups is 1. The quantitative estimate of drug-likeness (QED) is 0.585. The molecule has 0 aromatic heterocycles. The van der Waals surface area contributed by atoms with Crippen molar-refractivity contribution in [1.82, 2.24) is 15.4 Å². The van der Waals surface area contributed by atoms with Crippen LogP contribution in [0.15, 0.2) is 23.1 Å². The minimum atomic E-state index is -3.72. The zero-order valence-corrected chi connectivity index (χ0v) is 15.8. The number of methoxy groups -OCH3 is 2. The van der Waals surface area contributed by atoms with E-state index in [1.165, 1.54) is 32.4 Å². The molecule has 8 nitrogen and oxygen atoms in total. The Morgan fingerprint density at radius 1 is 1.28 bits per heavy atom. The first-order valence-corrected chi connectivity index (χ1v) is 9.16. The largest absolute Gasteiger partial charge is 0.493 e. The Hall–Kier alpha value is -1.55. The Balaban J connectivity index is 0.00000312. The van der Waals surface area contributed by atoms with E-state index in [1.807, 2.05) is 0 Å². The van der Waals surface area contributed by atoms with E-state index in [9.17, 15) is 13.2 Å². The van der Waals surface area contributed by atoms with Gasteiger partial charge in [-0.1, -0.05) is 0 Å². The number of sulfonamides is 1. The van der Waals surface area contributed by atoms with Crippen LogP contribution in [0.1, 0.15) is 12.8 Å². The highest BCUT2D eigenvalue weighted by molar-refractivity contribution is 7.89. The molecule has 0 bridgehead atoms. The molecule has 1 aliphatic rings. The summed E-state index contributed by atoms with van der Waals surface area (Å²) in [5, 5.41) is 6.02. The molecule has 1 aromatic carbocycles. The van der Waals surface area contributed by atoms with Crippen molar-refractivity contribution in [2.75, 3.05) is 33.9 Å². The molecule has 1 saturated heterocycles. The smallest absolute Gasteiger partial charge is 0.240 e. The third-order valence-electron chi connectivity index (χ3n) is 3.73. The Morgan fingerprint density at radius 2 is 2.00 bits per heavy atom. The van der Waals surface area contributed by atoms with Gasteiger partial charge in [0.25, 0.3) is 0 Å². The highest BCUT2D eigenvalue weighted by Crippen LogP contribution is 2.29. The summed E-state index contributed by atoms with van der Waals surface area (Å²) in [6.07, 6.45) is 0.978. The van der Waals surface area contributed by atoms with Gasteiger partial charge in [-0.05, 0) is 25.1 Å². The van der Waals surface area contributed by atoms with Crippen molar-refractivity contribution in [3.8, 4) is 11.5 Å². The van der Waals surface area contributed by atoms with Crippen LogP contribution in [0.4, 0.5) is 0 Å². The van der Waals surface area contributed by atoms with E-state index in [1.54, 1.807) is 0 Å². The summed E-state index contributed by atoms with van der Waals surface area (Å²) in [6, 6.07) is 4.45. The lowest BCUT2D eigenvalue weighted by molar-refractivity contribution is -0.121. The minimum absolute atomic E-state index is 0. The van der Waals surface area contributed by atoms with E-state index in [2.05, 4.69) is 15.4 Å². The molecule has 1 fully saturated rings. The fourth-order valence-electron chi connectivity index (χ4n) is 2.44. The van der Waals surface area contributed by atoms with Crippen LogP contribution >= 0.6 is 12.4 Å². The van der Waals surface area contributed by atoms with Gasteiger partial charge >= 0.3 is 0 Å². The Kier molecular flexibility index (Phi) is 8.43. The number of rotatable bonds is 8. The third-order valence-corrected chi connectivity index (χ3v) is 5.19. The Morgan fingerprint density at radius 3 is 2.60 bits per heavy atom. The van der Waals surface area contributed by atoms with Gasteiger partial charge in [0, 0.05) is 31.6 Å². The lowest BCUT2D eigenvalue weighted by atomic mass is 10.2. The van der Waals surface area contributed by atoms with E-state index >= 15 is 0 Å². The predicted molar refractivity (Wildman–Crippen MR) is 96.0 cm³/mol. The number of amides is 1. The summed E-state index contributed by atoms with van der Waals surface area (Å²) in [7, 11) is -0.809. The molecule has 1 unspecified atom stereocenters. The summed E-state index contributed by atoms with van der Waals surface area (Å²) >= 11 is 0. The van der Waals surface area contributed by atoms with Crippen LogP contribution in [0.25, 0.3) is 0 Å². The first kappa shape index (κ1) is 21.5. The maximum atomic E-state index is 12.3. The second-order valence-corrected chi connectivity index (χ2v) is 7.19. The fraction of sp³-hybridized carbons (Fsp3) is 0.533. The maximum Gasteiger partial charge on any atom is 0.240 e. The van der Waals surface area contributed by atoms with E-state index < -0.39 is 10.0 Å². The third kappa shape index (κ3) is 6.03. The molecule has 10 heteroatoms. The zero-order chi connectivity index (χ0) is 17.6. The van der Waals surface area contributed by atoms with Crippen molar-refractivity contribution in [2.24, 2.45) is 0 Å². The van der Waals surface area contributed by atoms with Gasteiger partial charge in [-0.25, -0.2) is 13.1 Å². The van der Waals surface area contributed by atoms with Crippen LogP contribution in [-0.4, -0.2) is 54.2 Å². The van der Waals surface area contributed by atoms with Gasteiger partial charge in [0.1, 0.15) is 0 Å². The number of hydrogen-bond donors (Lipinski definition) is 3. The minimum Gasteiger partial charge on any atom is -0.493 e. The monoisotopic (exact) mass is 393 g/mol. The molecule has 1 amide bonds. The fourth-order valence-corrected chi connectivity index (χ4v) is 3.49. The van der Waals surface area contributed by atoms with Crippen molar-refractivity contribution in [3.63, 3.8) is 0 Å².